The highest BCUT2D eigenvalue weighted by Gasteiger charge is 2.11. The molecule has 0 aromatic rings. The standard InChI is InChI=1S/C8H14O3/c1-6(8(11)5-9)3-4-7(2)10/h6,9H,3-5H2,1-2H3. The molecule has 0 spiro atoms. The number of hydrogen-bond acceptors (Lipinski definition) is 3. The van der Waals surface area contributed by atoms with Crippen LogP contribution in [0.15, 0.2) is 0 Å². The van der Waals surface area contributed by atoms with Crippen molar-refractivity contribution in [2.75, 3.05) is 6.61 Å². The summed E-state index contributed by atoms with van der Waals surface area (Å²) in [5, 5.41) is 8.44. The number of ketones is 2. The Balaban J connectivity index is 3.60. The molecule has 1 atom stereocenters. The number of rotatable bonds is 5. The normalized spacial score (nSPS) is 12.6. The maximum atomic E-state index is 10.8. The average molecular weight is 158 g/mol. The first-order valence-corrected chi connectivity index (χ1v) is 3.71. The van der Waals surface area contributed by atoms with Crippen LogP contribution < -0.4 is 0 Å². The summed E-state index contributed by atoms with van der Waals surface area (Å²) in [5.41, 5.74) is 0. The Morgan fingerprint density at radius 2 is 2.00 bits per heavy atom. The molecule has 0 rings (SSSR count). The van der Waals surface area contributed by atoms with Crippen molar-refractivity contribution in [3.63, 3.8) is 0 Å². The Morgan fingerprint density at radius 1 is 1.45 bits per heavy atom. The lowest BCUT2D eigenvalue weighted by molar-refractivity contribution is -0.125. The van der Waals surface area contributed by atoms with Crippen molar-refractivity contribution in [1.82, 2.24) is 0 Å². The Hall–Kier alpha value is -0.700. The number of aliphatic hydroxyl groups is 1. The first-order valence-electron chi connectivity index (χ1n) is 3.71. The SMILES string of the molecule is CC(=O)CCC(C)C(=O)CO. The predicted octanol–water partition coefficient (Wildman–Crippen LogP) is 0.553. The fraction of sp³-hybridized carbons (Fsp3) is 0.750. The Kier molecular flexibility index (Phi) is 4.70. The lowest BCUT2D eigenvalue weighted by Crippen LogP contribution is -2.15. The van der Waals surface area contributed by atoms with Crippen LogP contribution in [0.1, 0.15) is 26.7 Å². The molecule has 0 bridgehead atoms. The average Bonchev–Trinajstić information content (AvgIpc) is 1.98. The largest absolute Gasteiger partial charge is 0.389 e. The minimum Gasteiger partial charge on any atom is -0.389 e. The van der Waals surface area contributed by atoms with E-state index < -0.39 is 6.61 Å². The third kappa shape index (κ3) is 4.67. The van der Waals surface area contributed by atoms with Gasteiger partial charge in [0.2, 0.25) is 0 Å². The molecule has 0 fully saturated rings. The summed E-state index contributed by atoms with van der Waals surface area (Å²) in [6, 6.07) is 0. The van der Waals surface area contributed by atoms with Crippen LogP contribution >= 0.6 is 0 Å². The molecule has 0 radical (unpaired) electrons. The molecule has 3 heteroatoms. The van der Waals surface area contributed by atoms with Crippen molar-refractivity contribution >= 4 is 11.6 Å². The minimum atomic E-state index is -0.418. The van der Waals surface area contributed by atoms with E-state index in [0.29, 0.717) is 12.8 Å². The summed E-state index contributed by atoms with van der Waals surface area (Å²) in [6.45, 7) is 2.80. The topological polar surface area (TPSA) is 54.4 Å². The lowest BCUT2D eigenvalue weighted by Gasteiger charge is -2.05. The van der Waals surface area contributed by atoms with Gasteiger partial charge in [-0.05, 0) is 13.3 Å². The van der Waals surface area contributed by atoms with Gasteiger partial charge < -0.3 is 9.90 Å². The van der Waals surface area contributed by atoms with E-state index in [9.17, 15) is 9.59 Å². The van der Waals surface area contributed by atoms with E-state index in [1.54, 1.807) is 6.92 Å². The summed E-state index contributed by atoms with van der Waals surface area (Å²) in [6.07, 6.45) is 0.974. The third-order valence-electron chi connectivity index (χ3n) is 1.63. The molecule has 0 saturated carbocycles. The molecule has 11 heavy (non-hydrogen) atoms. The second kappa shape index (κ2) is 5.02. The quantitative estimate of drug-likeness (QED) is 0.635. The van der Waals surface area contributed by atoms with E-state index in [0.717, 1.165) is 0 Å². The molecule has 64 valence electrons. The molecule has 0 aromatic carbocycles. The van der Waals surface area contributed by atoms with Gasteiger partial charge in [0.1, 0.15) is 12.4 Å². The second-order valence-corrected chi connectivity index (χ2v) is 2.77. The second-order valence-electron chi connectivity index (χ2n) is 2.77. The van der Waals surface area contributed by atoms with Crippen LogP contribution in [0.2, 0.25) is 0 Å². The first kappa shape index (κ1) is 10.3. The molecule has 1 N–H and O–H groups in total. The van der Waals surface area contributed by atoms with Crippen LogP contribution in [0.3, 0.4) is 0 Å². The van der Waals surface area contributed by atoms with Gasteiger partial charge in [-0.15, -0.1) is 0 Å². The summed E-state index contributed by atoms with van der Waals surface area (Å²) in [5.74, 6) is -0.294. The zero-order chi connectivity index (χ0) is 8.85. The Labute approximate surface area is 66.4 Å². The van der Waals surface area contributed by atoms with Gasteiger partial charge in [-0.2, -0.15) is 0 Å². The highest BCUT2D eigenvalue weighted by molar-refractivity contribution is 5.82. The van der Waals surface area contributed by atoms with E-state index in [2.05, 4.69) is 0 Å². The summed E-state index contributed by atoms with van der Waals surface area (Å²) in [7, 11) is 0. The van der Waals surface area contributed by atoms with Crippen LogP contribution in [0.4, 0.5) is 0 Å². The number of Topliss-reactive ketones (excluding diaryl/α,β-unsaturated/α-hetero) is 2. The van der Waals surface area contributed by atoms with Crippen molar-refractivity contribution in [2.24, 2.45) is 5.92 Å². The number of hydrogen-bond donors (Lipinski definition) is 1. The Bertz CT molecular complexity index is 151. The van der Waals surface area contributed by atoms with Crippen molar-refractivity contribution in [1.29, 1.82) is 0 Å². The van der Waals surface area contributed by atoms with E-state index >= 15 is 0 Å². The van der Waals surface area contributed by atoms with Gasteiger partial charge in [-0.25, -0.2) is 0 Å². The fourth-order valence-corrected chi connectivity index (χ4v) is 0.737. The molecule has 0 saturated heterocycles. The summed E-state index contributed by atoms with van der Waals surface area (Å²) >= 11 is 0. The zero-order valence-corrected chi connectivity index (χ0v) is 6.96. The molecule has 0 heterocycles. The molecule has 0 aliphatic heterocycles. The van der Waals surface area contributed by atoms with E-state index in [-0.39, 0.29) is 17.5 Å². The zero-order valence-electron chi connectivity index (χ0n) is 6.96. The van der Waals surface area contributed by atoms with Gasteiger partial charge in [0.15, 0.2) is 5.78 Å². The molecule has 0 aliphatic carbocycles. The molecule has 0 aliphatic rings. The minimum absolute atomic E-state index is 0.0857. The lowest BCUT2D eigenvalue weighted by atomic mass is 10.00. The molecule has 0 amide bonds. The predicted molar refractivity (Wildman–Crippen MR) is 41.2 cm³/mol. The molecule has 3 nitrogen and oxygen atoms in total. The molecule has 0 aromatic heterocycles. The maximum Gasteiger partial charge on any atom is 0.160 e. The van der Waals surface area contributed by atoms with E-state index in [1.807, 2.05) is 0 Å². The molecule has 1 unspecified atom stereocenters. The van der Waals surface area contributed by atoms with Gasteiger partial charge >= 0.3 is 0 Å². The van der Waals surface area contributed by atoms with Crippen molar-refractivity contribution < 1.29 is 14.7 Å². The number of aliphatic hydroxyl groups excluding tert-OH is 1. The summed E-state index contributed by atoms with van der Waals surface area (Å²) < 4.78 is 0. The van der Waals surface area contributed by atoms with Crippen molar-refractivity contribution in [3.05, 3.63) is 0 Å². The highest BCUT2D eigenvalue weighted by atomic mass is 16.3. The number of carbonyl (C=O) groups is 2. The van der Waals surface area contributed by atoms with Gasteiger partial charge in [0, 0.05) is 12.3 Å². The first-order chi connectivity index (χ1) is 5.07. The van der Waals surface area contributed by atoms with Crippen molar-refractivity contribution in [2.45, 2.75) is 26.7 Å². The number of carbonyl (C=O) groups excluding carboxylic acids is 2. The van der Waals surface area contributed by atoms with Gasteiger partial charge in [0.05, 0.1) is 0 Å². The monoisotopic (exact) mass is 158 g/mol. The van der Waals surface area contributed by atoms with Crippen LogP contribution in [-0.2, 0) is 9.59 Å². The van der Waals surface area contributed by atoms with E-state index in [1.165, 1.54) is 6.92 Å². The van der Waals surface area contributed by atoms with Gasteiger partial charge in [-0.3, -0.25) is 4.79 Å². The fourth-order valence-electron chi connectivity index (χ4n) is 0.737. The highest BCUT2D eigenvalue weighted by Crippen LogP contribution is 2.06. The molecular weight excluding hydrogens is 144 g/mol. The summed E-state index contributed by atoms with van der Waals surface area (Å²) in [4.78, 5) is 21.2. The van der Waals surface area contributed by atoms with Gasteiger partial charge in [-0.1, -0.05) is 6.92 Å². The van der Waals surface area contributed by atoms with Crippen molar-refractivity contribution in [3.8, 4) is 0 Å². The van der Waals surface area contributed by atoms with E-state index in [4.69, 9.17) is 5.11 Å². The maximum absolute atomic E-state index is 10.8. The van der Waals surface area contributed by atoms with Crippen LogP contribution in [-0.4, -0.2) is 23.3 Å². The van der Waals surface area contributed by atoms with Crippen LogP contribution in [0.25, 0.3) is 0 Å². The smallest absolute Gasteiger partial charge is 0.160 e. The Morgan fingerprint density at radius 3 is 2.36 bits per heavy atom. The molecular formula is C8H14O3. The van der Waals surface area contributed by atoms with Gasteiger partial charge in [0.25, 0.3) is 0 Å². The van der Waals surface area contributed by atoms with Crippen LogP contribution in [0, 0.1) is 5.92 Å². The van der Waals surface area contributed by atoms with Crippen LogP contribution in [0.5, 0.6) is 0 Å². The third-order valence-corrected chi connectivity index (χ3v) is 1.63.